The zero-order valence-corrected chi connectivity index (χ0v) is 25.1. The zero-order valence-electron chi connectivity index (χ0n) is 22.7. The Hall–Kier alpha value is -3.41. The smallest absolute Gasteiger partial charge is 0.328 e. The van der Waals surface area contributed by atoms with Gasteiger partial charge in [0.2, 0.25) is 11.8 Å². The summed E-state index contributed by atoms with van der Waals surface area (Å²) in [5.74, 6) is -2.18. The van der Waals surface area contributed by atoms with Crippen molar-refractivity contribution in [3.8, 4) is 11.5 Å². The van der Waals surface area contributed by atoms with E-state index in [4.69, 9.17) is 32.7 Å². The number of thioether (sulfide) groups is 1. The molecule has 2 aromatic carbocycles. The van der Waals surface area contributed by atoms with Crippen molar-refractivity contribution in [2.75, 3.05) is 40.1 Å². The molecule has 0 aliphatic carbocycles. The number of nitrogens with zero attached hydrogens (tertiary/aromatic N) is 1. The third kappa shape index (κ3) is 8.31. The third-order valence-corrected chi connectivity index (χ3v) is 8.40. The number of ether oxygens (including phenoxy) is 2. The molecule has 13 heteroatoms. The summed E-state index contributed by atoms with van der Waals surface area (Å²) < 4.78 is 10.3. The molecule has 1 aliphatic heterocycles. The van der Waals surface area contributed by atoms with Crippen LogP contribution in [-0.2, 0) is 14.4 Å². The van der Waals surface area contributed by atoms with Gasteiger partial charge in [0.25, 0.3) is 5.91 Å². The lowest BCUT2D eigenvalue weighted by atomic mass is 9.95. The Labute approximate surface area is 252 Å². The molecule has 10 nitrogen and oxygen atoms in total. The average Bonchev–Trinajstić information content (AvgIpc) is 2.99. The number of nitrogens with one attached hydrogen (secondary N) is 2. The van der Waals surface area contributed by atoms with Crippen LogP contribution in [0.5, 0.6) is 11.5 Å². The monoisotopic (exact) mass is 623 g/mol. The van der Waals surface area contributed by atoms with E-state index in [9.17, 15) is 24.3 Å². The highest BCUT2D eigenvalue weighted by Crippen LogP contribution is 2.35. The molecule has 3 N–H and O–H groups in total. The van der Waals surface area contributed by atoms with Crippen molar-refractivity contribution in [2.45, 2.75) is 23.8 Å². The molecule has 0 spiro atoms. The lowest BCUT2D eigenvalue weighted by molar-refractivity contribution is -0.142. The van der Waals surface area contributed by atoms with Crippen LogP contribution in [0.2, 0.25) is 10.0 Å². The van der Waals surface area contributed by atoms with Gasteiger partial charge in [0, 0.05) is 42.1 Å². The van der Waals surface area contributed by atoms with Gasteiger partial charge in [-0.3, -0.25) is 14.4 Å². The highest BCUT2D eigenvalue weighted by atomic mass is 35.5. The fraction of sp³-hybridized carbons (Fsp3) is 0.357. The molecule has 1 atom stereocenters. The van der Waals surface area contributed by atoms with E-state index in [1.54, 1.807) is 23.1 Å². The van der Waals surface area contributed by atoms with Crippen LogP contribution in [0.3, 0.4) is 0 Å². The molecule has 41 heavy (non-hydrogen) atoms. The number of methoxy groups -OCH3 is 2. The summed E-state index contributed by atoms with van der Waals surface area (Å²) in [5.41, 5.74) is 0.863. The molecule has 1 aliphatic rings. The van der Waals surface area contributed by atoms with Crippen molar-refractivity contribution in [1.29, 1.82) is 0 Å². The largest absolute Gasteiger partial charge is 0.493 e. The Morgan fingerprint density at radius 2 is 1.76 bits per heavy atom. The molecule has 220 valence electrons. The van der Waals surface area contributed by atoms with Crippen molar-refractivity contribution in [2.24, 2.45) is 5.92 Å². The molecular weight excluding hydrogens is 593 g/mol. The van der Waals surface area contributed by atoms with Crippen molar-refractivity contribution >= 4 is 64.7 Å². The molecule has 1 saturated heterocycles. The van der Waals surface area contributed by atoms with Gasteiger partial charge < -0.3 is 30.1 Å². The van der Waals surface area contributed by atoms with E-state index < -0.39 is 29.7 Å². The number of aliphatic carboxylic acids is 1. The van der Waals surface area contributed by atoms with E-state index in [-0.39, 0.29) is 18.0 Å². The number of carbonyl (C=O) groups excluding carboxylic acids is 3. The number of amides is 3. The highest BCUT2D eigenvalue weighted by Gasteiger charge is 2.30. The molecule has 0 bridgehead atoms. The van der Waals surface area contributed by atoms with Gasteiger partial charge in [-0.25, -0.2) is 4.79 Å². The summed E-state index contributed by atoms with van der Waals surface area (Å²) in [5, 5.41) is 15.4. The Balaban J connectivity index is 1.51. The van der Waals surface area contributed by atoms with E-state index in [1.165, 1.54) is 44.2 Å². The second-order valence-corrected chi connectivity index (χ2v) is 10.7. The summed E-state index contributed by atoms with van der Waals surface area (Å²) >= 11 is 14.1. The minimum Gasteiger partial charge on any atom is -0.493 e. The number of carboxylic acid groups (broad SMARTS) is 1. The van der Waals surface area contributed by atoms with Gasteiger partial charge in [-0.05, 0) is 55.0 Å². The third-order valence-electron chi connectivity index (χ3n) is 6.61. The first-order valence-corrected chi connectivity index (χ1v) is 14.6. The summed E-state index contributed by atoms with van der Waals surface area (Å²) in [7, 11) is 2.90. The molecule has 0 aromatic heterocycles. The van der Waals surface area contributed by atoms with E-state index in [1.807, 2.05) is 12.3 Å². The van der Waals surface area contributed by atoms with Gasteiger partial charge >= 0.3 is 5.97 Å². The first-order valence-electron chi connectivity index (χ1n) is 12.6. The quantitative estimate of drug-likeness (QED) is 0.253. The average molecular weight is 625 g/mol. The van der Waals surface area contributed by atoms with Gasteiger partial charge in [0.15, 0.2) is 11.5 Å². The van der Waals surface area contributed by atoms with Crippen LogP contribution in [0, 0.1) is 5.92 Å². The summed E-state index contributed by atoms with van der Waals surface area (Å²) in [6, 6.07) is 6.83. The number of hydrogen-bond donors (Lipinski definition) is 3. The number of hydrogen-bond acceptors (Lipinski definition) is 7. The van der Waals surface area contributed by atoms with Crippen LogP contribution in [0.4, 0.5) is 0 Å². The summed E-state index contributed by atoms with van der Waals surface area (Å²) in [6.45, 7) is 0.338. The molecule has 1 heterocycles. The Morgan fingerprint density at radius 3 is 2.37 bits per heavy atom. The number of benzene rings is 2. The first-order chi connectivity index (χ1) is 19.6. The molecule has 3 rings (SSSR count). The molecular formula is C28H31Cl2N3O7S. The van der Waals surface area contributed by atoms with Gasteiger partial charge in [-0.1, -0.05) is 29.3 Å². The van der Waals surface area contributed by atoms with Crippen LogP contribution < -0.4 is 20.1 Å². The lowest BCUT2D eigenvalue weighted by Gasteiger charge is -2.31. The number of rotatable bonds is 11. The SMILES string of the molecule is COc1ccc(C(=O)NCC(NC(=O)C2CCN(C(=O)C=Cc3ccc(SC)c(Cl)c3Cl)CC2)C(=O)O)cc1OC. The van der Waals surface area contributed by atoms with E-state index in [0.717, 1.165) is 4.90 Å². The van der Waals surface area contributed by atoms with Crippen LogP contribution in [0.25, 0.3) is 6.08 Å². The maximum absolute atomic E-state index is 12.8. The molecule has 2 aromatic rings. The molecule has 0 saturated carbocycles. The fourth-order valence-corrected chi connectivity index (χ4v) is 5.40. The lowest BCUT2D eigenvalue weighted by Crippen LogP contribution is -2.51. The normalized spacial score (nSPS) is 14.4. The maximum atomic E-state index is 12.8. The zero-order chi connectivity index (χ0) is 30.1. The molecule has 0 radical (unpaired) electrons. The molecule has 3 amide bonds. The Bertz CT molecular complexity index is 1330. The molecule has 1 fully saturated rings. The van der Waals surface area contributed by atoms with Crippen LogP contribution in [-0.4, -0.2) is 79.8 Å². The maximum Gasteiger partial charge on any atom is 0.328 e. The van der Waals surface area contributed by atoms with Gasteiger partial charge in [-0.2, -0.15) is 0 Å². The predicted molar refractivity (Wildman–Crippen MR) is 158 cm³/mol. The number of halogens is 2. The van der Waals surface area contributed by atoms with Crippen molar-refractivity contribution in [3.05, 3.63) is 57.6 Å². The summed E-state index contributed by atoms with van der Waals surface area (Å²) in [6.07, 6.45) is 5.64. The standard InChI is InChI=1S/C28H31Cl2N3O7S/c1-39-20-7-4-18(14-21(20)40-2)26(35)31-15-19(28(37)38)32-27(36)17-10-12-33(13-11-17)23(34)9-6-16-5-8-22(41-3)25(30)24(16)29/h4-9,14,17,19H,10-13,15H2,1-3H3,(H,31,35)(H,32,36)(H,37,38). The molecule has 1 unspecified atom stereocenters. The Kier molecular flexibility index (Phi) is 11.7. The van der Waals surface area contributed by atoms with Gasteiger partial charge in [0.05, 0.1) is 24.3 Å². The Morgan fingerprint density at radius 1 is 1.07 bits per heavy atom. The fourth-order valence-electron chi connectivity index (χ4n) is 4.23. The number of piperidine rings is 1. The van der Waals surface area contributed by atoms with Gasteiger partial charge in [0.1, 0.15) is 6.04 Å². The minimum atomic E-state index is -1.33. The van der Waals surface area contributed by atoms with E-state index in [0.29, 0.717) is 53.0 Å². The van der Waals surface area contributed by atoms with Crippen molar-refractivity contribution in [1.82, 2.24) is 15.5 Å². The van der Waals surface area contributed by atoms with Crippen LogP contribution in [0.15, 0.2) is 41.3 Å². The first kappa shape index (κ1) is 32.1. The van der Waals surface area contributed by atoms with Crippen molar-refractivity contribution < 1.29 is 33.8 Å². The number of likely N-dealkylation sites (tertiary alicyclic amines) is 1. The summed E-state index contributed by atoms with van der Waals surface area (Å²) in [4.78, 5) is 52.3. The second kappa shape index (κ2) is 15.0. The minimum absolute atomic E-state index is 0.230. The van der Waals surface area contributed by atoms with Gasteiger partial charge in [-0.15, -0.1) is 11.8 Å². The van der Waals surface area contributed by atoms with E-state index >= 15 is 0 Å². The highest BCUT2D eigenvalue weighted by molar-refractivity contribution is 7.98. The van der Waals surface area contributed by atoms with Crippen molar-refractivity contribution in [3.63, 3.8) is 0 Å². The van der Waals surface area contributed by atoms with E-state index in [2.05, 4.69) is 10.6 Å². The predicted octanol–water partition coefficient (Wildman–Crippen LogP) is 3.98. The van der Waals surface area contributed by atoms with Crippen LogP contribution in [0.1, 0.15) is 28.8 Å². The van der Waals surface area contributed by atoms with Crippen LogP contribution >= 0.6 is 35.0 Å². The topological polar surface area (TPSA) is 134 Å². The number of carboxylic acids is 1. The second-order valence-electron chi connectivity index (χ2n) is 9.10. The number of carbonyl (C=O) groups is 4.